The van der Waals surface area contributed by atoms with Crippen LogP contribution in [0.1, 0.15) is 57.8 Å². The van der Waals surface area contributed by atoms with E-state index in [1.54, 1.807) is 0 Å². The van der Waals surface area contributed by atoms with Gasteiger partial charge in [-0.2, -0.15) is 21.6 Å². The van der Waals surface area contributed by atoms with Crippen molar-refractivity contribution in [2.45, 2.75) is 73.9 Å². The number of rotatable bonds is 4. The minimum atomic E-state index is -5.84. The molecule has 2 rings (SSSR count). The second-order valence-corrected chi connectivity index (χ2v) is 10.8. The molecule has 0 heterocycles. The standard InChI is InChI=1S/C13H23ClS2.CHF3O3S/c14-12-8-4-5-9-13(12)16-15-10-11-6-2-1-3-7-11;2-1(3,4)8(5,6)7/h11-13H,1-10H2;(H,5,6,7). The quantitative estimate of drug-likeness (QED) is 0.262. The molecule has 0 bridgehead atoms. The van der Waals surface area contributed by atoms with Gasteiger partial charge in [0.2, 0.25) is 0 Å². The summed E-state index contributed by atoms with van der Waals surface area (Å²) in [4.78, 5) is 0. The fourth-order valence-corrected chi connectivity index (χ4v) is 6.68. The lowest BCUT2D eigenvalue weighted by atomic mass is 9.91. The molecule has 10 heteroatoms. The zero-order valence-electron chi connectivity index (χ0n) is 13.3. The molecule has 2 aliphatic rings. The van der Waals surface area contributed by atoms with Crippen molar-refractivity contribution in [3.8, 4) is 0 Å². The summed E-state index contributed by atoms with van der Waals surface area (Å²) in [6.07, 6.45) is 12.7. The molecule has 24 heavy (non-hydrogen) atoms. The second kappa shape index (κ2) is 10.7. The van der Waals surface area contributed by atoms with Gasteiger partial charge in [0.15, 0.2) is 0 Å². The van der Waals surface area contributed by atoms with Gasteiger partial charge in [-0.3, -0.25) is 4.55 Å². The van der Waals surface area contributed by atoms with Crippen LogP contribution in [0, 0.1) is 5.92 Å². The summed E-state index contributed by atoms with van der Waals surface area (Å²) in [5.74, 6) is 2.37. The van der Waals surface area contributed by atoms with Crippen LogP contribution in [0.3, 0.4) is 0 Å². The van der Waals surface area contributed by atoms with Crippen molar-refractivity contribution in [2.75, 3.05) is 5.75 Å². The summed E-state index contributed by atoms with van der Waals surface area (Å²) >= 11 is 6.37. The Morgan fingerprint density at radius 2 is 1.50 bits per heavy atom. The number of hydrogen-bond donors (Lipinski definition) is 1. The van der Waals surface area contributed by atoms with Crippen LogP contribution in [0.15, 0.2) is 0 Å². The molecule has 0 aromatic rings. The highest BCUT2D eigenvalue weighted by molar-refractivity contribution is 8.77. The monoisotopic (exact) mass is 428 g/mol. The normalized spacial score (nSPS) is 26.5. The van der Waals surface area contributed by atoms with Crippen molar-refractivity contribution in [3.05, 3.63) is 0 Å². The molecule has 3 nitrogen and oxygen atoms in total. The van der Waals surface area contributed by atoms with E-state index in [1.165, 1.54) is 63.5 Å². The van der Waals surface area contributed by atoms with Gasteiger partial charge in [0.25, 0.3) is 0 Å². The predicted octanol–water partition coefficient (Wildman–Crippen LogP) is 5.89. The van der Waals surface area contributed by atoms with Crippen molar-refractivity contribution in [1.82, 2.24) is 0 Å². The van der Waals surface area contributed by atoms with Gasteiger partial charge in [0.05, 0.1) is 0 Å². The summed E-state index contributed by atoms with van der Waals surface area (Å²) < 4.78 is 57.5. The topological polar surface area (TPSA) is 54.4 Å². The maximum Gasteiger partial charge on any atom is 0.522 e. The van der Waals surface area contributed by atoms with Gasteiger partial charge in [0.1, 0.15) is 0 Å². The molecule has 144 valence electrons. The molecule has 1 N–H and O–H groups in total. The van der Waals surface area contributed by atoms with Crippen LogP contribution in [0.2, 0.25) is 0 Å². The molecule has 0 radical (unpaired) electrons. The molecule has 2 atom stereocenters. The third-order valence-corrected chi connectivity index (χ3v) is 8.50. The Labute approximate surface area is 155 Å². The lowest BCUT2D eigenvalue weighted by molar-refractivity contribution is -0.0510. The van der Waals surface area contributed by atoms with Gasteiger partial charge in [-0.1, -0.05) is 53.7 Å². The maximum absolute atomic E-state index is 10.7. The summed E-state index contributed by atoms with van der Waals surface area (Å²) in [6, 6.07) is 0. The van der Waals surface area contributed by atoms with Crippen molar-refractivity contribution < 1.29 is 26.1 Å². The summed E-state index contributed by atoms with van der Waals surface area (Å²) in [5, 5.41) is 1.17. The van der Waals surface area contributed by atoms with Crippen LogP contribution >= 0.6 is 33.2 Å². The van der Waals surface area contributed by atoms with Crippen LogP contribution in [0.5, 0.6) is 0 Å². The second-order valence-electron chi connectivity index (χ2n) is 6.14. The Morgan fingerprint density at radius 1 is 1.00 bits per heavy atom. The Hall–Kier alpha value is 0.690. The van der Waals surface area contributed by atoms with E-state index in [0.29, 0.717) is 5.38 Å². The highest BCUT2D eigenvalue weighted by Gasteiger charge is 2.44. The maximum atomic E-state index is 10.7. The fraction of sp³-hybridized carbons (Fsp3) is 1.00. The highest BCUT2D eigenvalue weighted by Crippen LogP contribution is 2.40. The molecule has 2 unspecified atom stereocenters. The average molecular weight is 429 g/mol. The van der Waals surface area contributed by atoms with Gasteiger partial charge in [-0.05, 0) is 31.6 Å². The van der Waals surface area contributed by atoms with Gasteiger partial charge in [-0.25, -0.2) is 0 Å². The van der Waals surface area contributed by atoms with Crippen molar-refractivity contribution in [2.24, 2.45) is 5.92 Å². The Kier molecular flexibility index (Phi) is 10.2. The van der Waals surface area contributed by atoms with E-state index in [0.717, 1.165) is 11.2 Å². The molecule has 0 aromatic heterocycles. The smallest absolute Gasteiger partial charge is 0.279 e. The van der Waals surface area contributed by atoms with E-state index in [-0.39, 0.29) is 0 Å². The lowest BCUT2D eigenvalue weighted by Gasteiger charge is -2.27. The Bertz CT molecular complexity index is 454. The van der Waals surface area contributed by atoms with E-state index >= 15 is 0 Å². The van der Waals surface area contributed by atoms with Gasteiger partial charge in [-0.15, -0.1) is 11.6 Å². The van der Waals surface area contributed by atoms with Crippen LogP contribution in [0.25, 0.3) is 0 Å². The minimum Gasteiger partial charge on any atom is -0.279 e. The van der Waals surface area contributed by atoms with Gasteiger partial charge < -0.3 is 0 Å². The average Bonchev–Trinajstić information content (AvgIpc) is 2.49. The number of hydrogen-bond acceptors (Lipinski definition) is 4. The van der Waals surface area contributed by atoms with Gasteiger partial charge >= 0.3 is 15.6 Å². The fourth-order valence-electron chi connectivity index (χ4n) is 2.74. The summed E-state index contributed by atoms with van der Waals surface area (Å²) in [6.45, 7) is 0. The Balaban J connectivity index is 0.000000307. The SMILES string of the molecule is ClC1CCCCC1SSCC1CCCCC1.O=S(=O)(O)C(F)(F)F. The third-order valence-electron chi connectivity index (χ3n) is 4.13. The summed E-state index contributed by atoms with van der Waals surface area (Å²) in [5.41, 5.74) is -5.53. The first kappa shape index (κ1) is 22.7. The molecule has 0 spiro atoms. The molecule has 0 amide bonds. The highest BCUT2D eigenvalue weighted by atomic mass is 35.5. The molecule has 2 aliphatic carbocycles. The molecular formula is C14H24ClF3O3S3. The van der Waals surface area contributed by atoms with Crippen LogP contribution in [-0.2, 0) is 10.1 Å². The van der Waals surface area contributed by atoms with Crippen LogP contribution < -0.4 is 0 Å². The molecule has 0 aliphatic heterocycles. The zero-order valence-corrected chi connectivity index (χ0v) is 16.5. The van der Waals surface area contributed by atoms with Crippen molar-refractivity contribution in [1.29, 1.82) is 0 Å². The first-order valence-electron chi connectivity index (χ1n) is 8.07. The Morgan fingerprint density at radius 3 is 2.00 bits per heavy atom. The van der Waals surface area contributed by atoms with Gasteiger partial charge in [0, 0.05) is 16.4 Å². The molecule has 0 aromatic carbocycles. The van der Waals surface area contributed by atoms with E-state index in [4.69, 9.17) is 24.6 Å². The largest absolute Gasteiger partial charge is 0.522 e. The van der Waals surface area contributed by atoms with Crippen LogP contribution in [-0.4, -0.2) is 34.9 Å². The van der Waals surface area contributed by atoms with Crippen molar-refractivity contribution in [3.63, 3.8) is 0 Å². The zero-order chi connectivity index (χ0) is 18.2. The van der Waals surface area contributed by atoms with E-state index in [9.17, 15) is 13.2 Å². The predicted molar refractivity (Wildman–Crippen MR) is 96.1 cm³/mol. The van der Waals surface area contributed by atoms with Crippen LogP contribution in [0.4, 0.5) is 13.2 Å². The lowest BCUT2D eigenvalue weighted by Crippen LogP contribution is -2.21. The molecule has 0 saturated heterocycles. The molecular weight excluding hydrogens is 405 g/mol. The number of halogens is 4. The first-order valence-corrected chi connectivity index (χ1v) is 12.3. The third kappa shape index (κ3) is 8.87. The van der Waals surface area contributed by atoms with E-state index in [2.05, 4.69) is 21.6 Å². The van der Waals surface area contributed by atoms with E-state index in [1.807, 2.05) is 0 Å². The first-order chi connectivity index (χ1) is 11.1. The van der Waals surface area contributed by atoms with Crippen molar-refractivity contribution >= 4 is 43.3 Å². The van der Waals surface area contributed by atoms with E-state index < -0.39 is 15.6 Å². The molecule has 2 saturated carbocycles. The number of alkyl halides is 4. The minimum absolute atomic E-state index is 0.442. The molecule has 2 fully saturated rings. The summed E-state index contributed by atoms with van der Waals surface area (Å²) in [7, 11) is -1.65.